The standard InChI is InChI=1S/C25H28N6O2S/c1-4-18(15-32)27-23(33)14-17-11-12-26-21(13-17)29-25-28-20-9-10-22(30-24(20)34-25)31(3)19-7-5-16(2)6-8-19/h5,7,9-10,13,18,32H,4,6,8,14-15H2,1-3H3,(H,27,33)(H,26,28,29). The molecule has 1 aliphatic rings. The minimum atomic E-state index is -0.245. The van der Waals surface area contributed by atoms with Crippen molar-refractivity contribution in [2.24, 2.45) is 0 Å². The Hall–Kier alpha value is -3.48. The summed E-state index contributed by atoms with van der Waals surface area (Å²) in [6.07, 6.45) is 9.89. The van der Waals surface area contributed by atoms with Crippen molar-refractivity contribution in [3.8, 4) is 0 Å². The van der Waals surface area contributed by atoms with E-state index < -0.39 is 0 Å². The predicted molar refractivity (Wildman–Crippen MR) is 135 cm³/mol. The molecule has 0 bridgehead atoms. The Kier molecular flexibility index (Phi) is 7.40. The molecule has 0 radical (unpaired) electrons. The van der Waals surface area contributed by atoms with Crippen LogP contribution in [0.2, 0.25) is 0 Å². The molecule has 0 saturated heterocycles. The van der Waals surface area contributed by atoms with E-state index in [-0.39, 0.29) is 25.0 Å². The summed E-state index contributed by atoms with van der Waals surface area (Å²) in [5.41, 5.74) is 4.08. The van der Waals surface area contributed by atoms with Gasteiger partial charge < -0.3 is 20.6 Å². The van der Waals surface area contributed by atoms with Gasteiger partial charge in [-0.3, -0.25) is 4.79 Å². The van der Waals surface area contributed by atoms with E-state index in [9.17, 15) is 9.90 Å². The monoisotopic (exact) mass is 476 g/mol. The van der Waals surface area contributed by atoms with Crippen molar-refractivity contribution in [3.05, 3.63) is 59.4 Å². The van der Waals surface area contributed by atoms with Crippen LogP contribution in [-0.4, -0.2) is 45.7 Å². The first-order valence-electron chi connectivity index (χ1n) is 11.3. The van der Waals surface area contributed by atoms with E-state index in [4.69, 9.17) is 4.98 Å². The number of pyridine rings is 1. The van der Waals surface area contributed by atoms with Crippen LogP contribution in [0.4, 0.5) is 16.8 Å². The van der Waals surface area contributed by atoms with Crippen molar-refractivity contribution in [3.63, 3.8) is 0 Å². The fourth-order valence-electron chi connectivity index (χ4n) is 3.60. The van der Waals surface area contributed by atoms with Crippen molar-refractivity contribution < 1.29 is 9.90 Å². The number of aliphatic hydroxyl groups excluding tert-OH is 1. The molecule has 176 valence electrons. The van der Waals surface area contributed by atoms with Crippen molar-refractivity contribution in [2.75, 3.05) is 23.9 Å². The normalized spacial score (nSPS) is 14.1. The number of fused-ring (bicyclic) bond motifs is 1. The molecule has 3 N–H and O–H groups in total. The second-order valence-corrected chi connectivity index (χ2v) is 9.28. The zero-order chi connectivity index (χ0) is 24.1. The molecular formula is C25H28N6O2S. The van der Waals surface area contributed by atoms with Gasteiger partial charge in [0.25, 0.3) is 0 Å². The van der Waals surface area contributed by atoms with Gasteiger partial charge in [0.2, 0.25) is 5.91 Å². The maximum Gasteiger partial charge on any atom is 0.225 e. The van der Waals surface area contributed by atoms with Crippen LogP contribution in [0.15, 0.2) is 41.6 Å². The highest BCUT2D eigenvalue weighted by atomic mass is 32.1. The van der Waals surface area contributed by atoms with E-state index in [0.29, 0.717) is 22.9 Å². The second kappa shape index (κ2) is 10.6. The SMILES string of the molecule is CCC(CO)NC(=O)Cc1c#cnc(Nc2nc3ccc(N(C)C4=CC=C(C)CC4)nc3s2)c1. The third kappa shape index (κ3) is 5.71. The zero-order valence-corrected chi connectivity index (χ0v) is 20.4. The number of carbonyl (C=O) groups excluding carboxylic acids is 1. The molecule has 4 rings (SSSR count). The van der Waals surface area contributed by atoms with E-state index in [0.717, 1.165) is 29.0 Å². The van der Waals surface area contributed by atoms with Crippen LogP contribution in [0, 0.1) is 12.3 Å². The van der Waals surface area contributed by atoms with Gasteiger partial charge in [0.05, 0.1) is 19.1 Å². The Bertz CT molecular complexity index is 1230. The van der Waals surface area contributed by atoms with Gasteiger partial charge in [0.15, 0.2) is 5.13 Å². The Balaban J connectivity index is 1.45. The van der Waals surface area contributed by atoms with Crippen molar-refractivity contribution in [1.29, 1.82) is 0 Å². The molecule has 0 fully saturated rings. The second-order valence-electron chi connectivity index (χ2n) is 8.30. The molecule has 0 saturated carbocycles. The number of nitrogens with zero attached hydrogens (tertiary/aromatic N) is 4. The summed E-state index contributed by atoms with van der Waals surface area (Å²) in [4.78, 5) is 28.8. The van der Waals surface area contributed by atoms with Crippen LogP contribution >= 0.6 is 11.3 Å². The minimum Gasteiger partial charge on any atom is -0.394 e. The average molecular weight is 477 g/mol. The van der Waals surface area contributed by atoms with Crippen LogP contribution in [0.3, 0.4) is 0 Å². The van der Waals surface area contributed by atoms with Crippen LogP contribution in [0.5, 0.6) is 0 Å². The fourth-order valence-corrected chi connectivity index (χ4v) is 4.44. The Morgan fingerprint density at radius 1 is 1.29 bits per heavy atom. The lowest BCUT2D eigenvalue weighted by Gasteiger charge is -2.23. The van der Waals surface area contributed by atoms with Crippen LogP contribution in [-0.2, 0) is 11.2 Å². The van der Waals surface area contributed by atoms with Crippen LogP contribution in [0.25, 0.3) is 10.3 Å². The van der Waals surface area contributed by atoms with Gasteiger partial charge in [-0.05, 0) is 56.5 Å². The van der Waals surface area contributed by atoms with E-state index in [1.165, 1.54) is 22.6 Å². The fraction of sp³-hybridized carbons (Fsp3) is 0.360. The molecule has 8 nitrogen and oxygen atoms in total. The summed E-state index contributed by atoms with van der Waals surface area (Å²) in [5.74, 6) is 1.23. The summed E-state index contributed by atoms with van der Waals surface area (Å²) < 4.78 is 0. The van der Waals surface area contributed by atoms with E-state index in [2.05, 4.69) is 56.8 Å². The quantitative estimate of drug-likeness (QED) is 0.430. The maximum absolute atomic E-state index is 12.2. The summed E-state index contributed by atoms with van der Waals surface area (Å²) in [6, 6.07) is 8.33. The highest BCUT2D eigenvalue weighted by molar-refractivity contribution is 7.21. The molecule has 1 amide bonds. The number of aromatic nitrogens is 3. The number of anilines is 3. The molecule has 9 heteroatoms. The number of hydrogen-bond acceptors (Lipinski definition) is 8. The van der Waals surface area contributed by atoms with Crippen LogP contribution in [0.1, 0.15) is 38.7 Å². The molecule has 0 aliphatic heterocycles. The van der Waals surface area contributed by atoms with Gasteiger partial charge in [-0.15, -0.1) is 0 Å². The summed E-state index contributed by atoms with van der Waals surface area (Å²) in [6.45, 7) is 3.98. The number of aliphatic hydroxyl groups is 1. The third-order valence-corrected chi connectivity index (χ3v) is 6.60. The highest BCUT2D eigenvalue weighted by Crippen LogP contribution is 2.30. The van der Waals surface area contributed by atoms with Gasteiger partial charge in [-0.25, -0.2) is 9.97 Å². The first kappa shape index (κ1) is 23.7. The van der Waals surface area contributed by atoms with E-state index in [1.54, 1.807) is 6.07 Å². The maximum atomic E-state index is 12.2. The summed E-state index contributed by atoms with van der Waals surface area (Å²) in [5, 5.41) is 15.9. The van der Waals surface area contributed by atoms with Crippen LogP contribution < -0.4 is 15.5 Å². The van der Waals surface area contributed by atoms with Crippen molar-refractivity contribution in [1.82, 2.24) is 20.3 Å². The van der Waals surface area contributed by atoms with E-state index >= 15 is 0 Å². The molecule has 0 aromatic carbocycles. The predicted octanol–water partition coefficient (Wildman–Crippen LogP) is 3.92. The first-order chi connectivity index (χ1) is 16.4. The third-order valence-electron chi connectivity index (χ3n) is 5.72. The Morgan fingerprint density at radius 2 is 2.15 bits per heavy atom. The number of amides is 1. The molecule has 1 unspecified atom stereocenters. The summed E-state index contributed by atoms with van der Waals surface area (Å²) >= 11 is 1.44. The number of allylic oxidation sites excluding steroid dienone is 4. The van der Waals surface area contributed by atoms with Gasteiger partial charge >= 0.3 is 0 Å². The Morgan fingerprint density at radius 3 is 2.88 bits per heavy atom. The number of rotatable bonds is 9. The first-order valence-corrected chi connectivity index (χ1v) is 12.1. The molecule has 0 spiro atoms. The van der Waals surface area contributed by atoms with E-state index in [1.807, 2.05) is 26.1 Å². The Labute approximate surface area is 203 Å². The summed E-state index contributed by atoms with van der Waals surface area (Å²) in [7, 11) is 2.04. The van der Waals surface area contributed by atoms with Crippen molar-refractivity contribution in [2.45, 2.75) is 45.6 Å². The average Bonchev–Trinajstić information content (AvgIpc) is 3.24. The lowest BCUT2D eigenvalue weighted by molar-refractivity contribution is -0.121. The van der Waals surface area contributed by atoms with Gasteiger partial charge in [-0.2, -0.15) is 4.98 Å². The molecule has 3 aromatic rings. The number of hydrogen-bond donors (Lipinski definition) is 3. The molecule has 1 aliphatic carbocycles. The largest absolute Gasteiger partial charge is 0.394 e. The lowest BCUT2D eigenvalue weighted by atomic mass is 10.0. The smallest absolute Gasteiger partial charge is 0.225 e. The topological polar surface area (TPSA) is 103 Å². The zero-order valence-electron chi connectivity index (χ0n) is 19.6. The molecule has 3 aromatic heterocycles. The highest BCUT2D eigenvalue weighted by Gasteiger charge is 2.14. The van der Waals surface area contributed by atoms with Crippen molar-refractivity contribution >= 4 is 44.4 Å². The van der Waals surface area contributed by atoms with Gasteiger partial charge in [-0.1, -0.05) is 29.9 Å². The number of carbonyl (C=O) groups is 1. The molecular weight excluding hydrogens is 448 g/mol. The number of nitrogens with one attached hydrogen (secondary N) is 2. The number of thiazole rings is 1. The minimum absolute atomic E-state index is 0.0846. The van der Waals surface area contributed by atoms with Gasteiger partial charge in [0, 0.05) is 24.5 Å². The molecule has 34 heavy (non-hydrogen) atoms. The molecule has 3 heterocycles. The van der Waals surface area contributed by atoms with Gasteiger partial charge in [0.1, 0.15) is 22.0 Å². The molecule has 1 atom stereocenters. The lowest BCUT2D eigenvalue weighted by Crippen LogP contribution is -2.37.